The molecule has 0 aliphatic carbocycles. The second-order valence-electron chi connectivity index (χ2n) is 4.53. The Morgan fingerprint density at radius 2 is 2.11 bits per heavy atom. The maximum absolute atomic E-state index is 6.19. The van der Waals surface area contributed by atoms with Gasteiger partial charge in [-0.3, -0.25) is 0 Å². The molecule has 18 heavy (non-hydrogen) atoms. The smallest absolute Gasteiger partial charge is 0.258 e. The Kier molecular flexibility index (Phi) is 4.02. The second-order valence-corrected chi connectivity index (χ2v) is 5.06. The van der Waals surface area contributed by atoms with Crippen LogP contribution in [0.2, 0.25) is 0 Å². The zero-order valence-corrected chi connectivity index (χ0v) is 11.7. The molecule has 1 aromatic carbocycles. The number of benzene rings is 1. The topological polar surface area (TPSA) is 38.9 Å². The summed E-state index contributed by atoms with van der Waals surface area (Å²) in [7, 11) is 0. The lowest BCUT2D eigenvalue weighted by Crippen LogP contribution is -1.93. The summed E-state index contributed by atoms with van der Waals surface area (Å²) < 4.78 is 5.31. The van der Waals surface area contributed by atoms with Crippen LogP contribution in [0.25, 0.3) is 11.5 Å². The summed E-state index contributed by atoms with van der Waals surface area (Å²) in [6.45, 7) is 6.16. The highest BCUT2D eigenvalue weighted by Gasteiger charge is 2.16. The average Bonchev–Trinajstić information content (AvgIpc) is 2.82. The van der Waals surface area contributed by atoms with E-state index in [0.717, 1.165) is 24.0 Å². The van der Waals surface area contributed by atoms with Gasteiger partial charge in [0.25, 0.3) is 5.89 Å². The molecule has 0 spiro atoms. The predicted molar refractivity (Wildman–Crippen MR) is 72.7 cm³/mol. The SMILES string of the molecule is CCCC(Cl)c1noc(-c2cc(C)ccc2C)n1. The average molecular weight is 265 g/mol. The van der Waals surface area contributed by atoms with Crippen molar-refractivity contribution >= 4 is 11.6 Å². The van der Waals surface area contributed by atoms with E-state index in [-0.39, 0.29) is 5.38 Å². The third kappa shape index (κ3) is 2.72. The zero-order chi connectivity index (χ0) is 13.1. The first kappa shape index (κ1) is 13.1. The van der Waals surface area contributed by atoms with Crippen LogP contribution in [0, 0.1) is 13.8 Å². The minimum Gasteiger partial charge on any atom is -0.334 e. The van der Waals surface area contributed by atoms with Crippen molar-refractivity contribution in [2.45, 2.75) is 39.0 Å². The molecular formula is C14H17ClN2O. The van der Waals surface area contributed by atoms with Crippen molar-refractivity contribution in [2.24, 2.45) is 0 Å². The number of halogens is 1. The number of nitrogens with zero attached hydrogens (tertiary/aromatic N) is 2. The molecule has 0 aliphatic heterocycles. The molecule has 1 heterocycles. The fourth-order valence-electron chi connectivity index (χ4n) is 1.82. The minimum absolute atomic E-state index is 0.169. The third-order valence-corrected chi connectivity index (χ3v) is 3.30. The maximum atomic E-state index is 6.19. The standard InChI is InChI=1S/C14H17ClN2O/c1-4-5-12(15)13-16-14(18-17-13)11-8-9(2)6-7-10(11)3/h6-8,12H,4-5H2,1-3H3. The summed E-state index contributed by atoms with van der Waals surface area (Å²) in [5, 5.41) is 3.79. The first-order chi connectivity index (χ1) is 8.61. The number of alkyl halides is 1. The lowest BCUT2D eigenvalue weighted by atomic mass is 10.1. The lowest BCUT2D eigenvalue weighted by Gasteiger charge is -2.02. The van der Waals surface area contributed by atoms with E-state index in [4.69, 9.17) is 16.1 Å². The Labute approximate surface area is 112 Å². The molecule has 0 amide bonds. The molecule has 0 aliphatic rings. The Hall–Kier alpha value is -1.35. The monoisotopic (exact) mass is 264 g/mol. The van der Waals surface area contributed by atoms with Crippen LogP contribution < -0.4 is 0 Å². The van der Waals surface area contributed by atoms with Crippen LogP contribution in [-0.4, -0.2) is 10.1 Å². The molecule has 0 N–H and O–H groups in total. The summed E-state index contributed by atoms with van der Waals surface area (Å²) >= 11 is 6.19. The van der Waals surface area contributed by atoms with Crippen LogP contribution >= 0.6 is 11.6 Å². The molecule has 1 aromatic heterocycles. The van der Waals surface area contributed by atoms with E-state index < -0.39 is 0 Å². The highest BCUT2D eigenvalue weighted by molar-refractivity contribution is 6.20. The van der Waals surface area contributed by atoms with Gasteiger partial charge in [0.15, 0.2) is 5.82 Å². The largest absolute Gasteiger partial charge is 0.334 e. The van der Waals surface area contributed by atoms with Crippen molar-refractivity contribution < 1.29 is 4.52 Å². The van der Waals surface area contributed by atoms with E-state index in [9.17, 15) is 0 Å². The lowest BCUT2D eigenvalue weighted by molar-refractivity contribution is 0.420. The predicted octanol–water partition coefficient (Wildman–Crippen LogP) is 4.43. The quantitative estimate of drug-likeness (QED) is 0.767. The summed E-state index contributed by atoms with van der Waals surface area (Å²) in [5.74, 6) is 1.13. The van der Waals surface area contributed by atoms with E-state index in [0.29, 0.717) is 11.7 Å². The van der Waals surface area contributed by atoms with Crippen LogP contribution in [-0.2, 0) is 0 Å². The molecular weight excluding hydrogens is 248 g/mol. The van der Waals surface area contributed by atoms with Crippen molar-refractivity contribution in [3.8, 4) is 11.5 Å². The third-order valence-electron chi connectivity index (χ3n) is 2.89. The van der Waals surface area contributed by atoms with Gasteiger partial charge >= 0.3 is 0 Å². The van der Waals surface area contributed by atoms with Crippen LogP contribution in [0.5, 0.6) is 0 Å². The van der Waals surface area contributed by atoms with E-state index in [1.165, 1.54) is 5.56 Å². The van der Waals surface area contributed by atoms with Gasteiger partial charge < -0.3 is 4.52 Å². The number of rotatable bonds is 4. The van der Waals surface area contributed by atoms with Gasteiger partial charge in [0, 0.05) is 5.56 Å². The number of aromatic nitrogens is 2. The van der Waals surface area contributed by atoms with Gasteiger partial charge in [-0.1, -0.05) is 36.2 Å². The highest BCUT2D eigenvalue weighted by Crippen LogP contribution is 2.27. The molecule has 0 saturated carbocycles. The molecule has 4 heteroatoms. The van der Waals surface area contributed by atoms with Gasteiger partial charge in [-0.2, -0.15) is 4.98 Å². The van der Waals surface area contributed by atoms with Crippen molar-refractivity contribution in [3.63, 3.8) is 0 Å². The second kappa shape index (κ2) is 5.53. The van der Waals surface area contributed by atoms with Gasteiger partial charge in [0.1, 0.15) is 0 Å². The molecule has 96 valence electrons. The highest BCUT2D eigenvalue weighted by atomic mass is 35.5. The van der Waals surface area contributed by atoms with Crippen LogP contribution in [0.15, 0.2) is 22.7 Å². The summed E-state index contributed by atoms with van der Waals surface area (Å²) in [5.41, 5.74) is 3.28. The Bertz CT molecular complexity index is 536. The van der Waals surface area contributed by atoms with Crippen molar-refractivity contribution in [3.05, 3.63) is 35.2 Å². The summed E-state index contributed by atoms with van der Waals surface area (Å²) in [4.78, 5) is 4.39. The molecule has 0 radical (unpaired) electrons. The zero-order valence-electron chi connectivity index (χ0n) is 10.9. The van der Waals surface area contributed by atoms with Crippen molar-refractivity contribution in [1.29, 1.82) is 0 Å². The van der Waals surface area contributed by atoms with E-state index >= 15 is 0 Å². The van der Waals surface area contributed by atoms with Crippen molar-refractivity contribution in [2.75, 3.05) is 0 Å². The molecule has 2 rings (SSSR count). The van der Waals surface area contributed by atoms with Crippen molar-refractivity contribution in [1.82, 2.24) is 10.1 Å². The van der Waals surface area contributed by atoms with Crippen LogP contribution in [0.3, 0.4) is 0 Å². The summed E-state index contributed by atoms with van der Waals surface area (Å²) in [6, 6.07) is 6.17. The van der Waals surface area contributed by atoms with Gasteiger partial charge in [0.2, 0.25) is 0 Å². The Morgan fingerprint density at radius 1 is 1.33 bits per heavy atom. The van der Waals surface area contributed by atoms with Gasteiger partial charge in [-0.05, 0) is 31.9 Å². The number of hydrogen-bond acceptors (Lipinski definition) is 3. The molecule has 2 aromatic rings. The van der Waals surface area contributed by atoms with Gasteiger partial charge in [0.05, 0.1) is 5.38 Å². The molecule has 0 bridgehead atoms. The normalized spacial score (nSPS) is 12.7. The Morgan fingerprint density at radius 3 is 2.83 bits per heavy atom. The summed E-state index contributed by atoms with van der Waals surface area (Å²) in [6.07, 6.45) is 1.86. The molecule has 0 saturated heterocycles. The molecule has 0 fully saturated rings. The van der Waals surface area contributed by atoms with Crippen LogP contribution in [0.4, 0.5) is 0 Å². The minimum atomic E-state index is -0.169. The molecule has 1 unspecified atom stereocenters. The van der Waals surface area contributed by atoms with E-state index in [1.807, 2.05) is 13.8 Å². The number of hydrogen-bond donors (Lipinski definition) is 0. The van der Waals surface area contributed by atoms with E-state index in [1.54, 1.807) is 0 Å². The Balaban J connectivity index is 2.32. The first-order valence-electron chi connectivity index (χ1n) is 6.17. The fraction of sp³-hybridized carbons (Fsp3) is 0.429. The maximum Gasteiger partial charge on any atom is 0.258 e. The fourth-order valence-corrected chi connectivity index (χ4v) is 2.13. The van der Waals surface area contributed by atoms with Crippen LogP contribution in [0.1, 0.15) is 42.1 Å². The first-order valence-corrected chi connectivity index (χ1v) is 6.60. The number of aryl methyl sites for hydroxylation is 2. The van der Waals surface area contributed by atoms with Gasteiger partial charge in [-0.25, -0.2) is 0 Å². The molecule has 1 atom stereocenters. The molecule has 3 nitrogen and oxygen atoms in total. The van der Waals surface area contributed by atoms with E-state index in [2.05, 4.69) is 35.3 Å². The van der Waals surface area contributed by atoms with Gasteiger partial charge in [-0.15, -0.1) is 11.6 Å².